The Bertz CT molecular complexity index is 4490. The first-order chi connectivity index (χ1) is 50.0. The van der Waals surface area contributed by atoms with Crippen LogP contribution in [0, 0.1) is 17.9 Å². The van der Waals surface area contributed by atoms with E-state index in [4.69, 9.17) is 6.57 Å². The lowest BCUT2D eigenvalue weighted by atomic mass is 9.80. The number of hydrogen-bond donors (Lipinski definition) is 0. The molecule has 10 heteroatoms. The van der Waals surface area contributed by atoms with Gasteiger partial charge in [0.1, 0.15) is 0 Å². The third kappa shape index (κ3) is 14.6. The van der Waals surface area contributed by atoms with Crippen LogP contribution in [0.5, 0.6) is 0 Å². The molecule has 0 fully saturated rings. The van der Waals surface area contributed by atoms with Crippen molar-refractivity contribution in [2.75, 3.05) is 22.9 Å². The van der Waals surface area contributed by atoms with Crippen LogP contribution in [0.25, 0.3) is 47.9 Å². The second-order valence-corrected chi connectivity index (χ2v) is 28.4. The van der Waals surface area contributed by atoms with E-state index in [1.54, 1.807) is 36.4 Å². The third-order valence-corrected chi connectivity index (χ3v) is 21.4. The van der Waals surface area contributed by atoms with Crippen LogP contribution in [0.3, 0.4) is 0 Å². The van der Waals surface area contributed by atoms with Crippen LogP contribution in [-0.4, -0.2) is 46.5 Å². The molecule has 10 nitrogen and oxygen atoms in total. The average Bonchev–Trinajstić information content (AvgIpc) is 0.682. The summed E-state index contributed by atoms with van der Waals surface area (Å²) >= 11 is 0. The van der Waals surface area contributed by atoms with Gasteiger partial charge in [-0.2, -0.15) is 5.26 Å². The molecule has 0 spiro atoms. The van der Waals surface area contributed by atoms with Crippen molar-refractivity contribution in [2.45, 2.75) is 182 Å². The largest absolute Gasteiger partial charge is 0.311 e. The first kappa shape index (κ1) is 70.0. The number of benzene rings is 11. The topological polar surface area (TPSA) is 109 Å². The molecule has 0 saturated heterocycles. The molecule has 516 valence electrons. The first-order valence-electron chi connectivity index (χ1n) is 38.0. The number of carbonyl (C=O) groups is 4. The molecule has 2 aliphatic rings. The number of unbranched alkanes of at least 4 members (excludes halogenated alkanes) is 12. The molecule has 0 aromatic heterocycles. The highest BCUT2D eigenvalue weighted by molar-refractivity contribution is 6.43. The molecule has 0 unspecified atom stereocenters. The van der Waals surface area contributed by atoms with Crippen LogP contribution in [-0.2, 0) is 38.5 Å². The first-order valence-corrected chi connectivity index (χ1v) is 38.0. The zero-order chi connectivity index (χ0) is 70.6. The van der Waals surface area contributed by atoms with Crippen LogP contribution < -0.4 is 9.80 Å². The molecular formula is C92H94N6O4. The van der Waals surface area contributed by atoms with E-state index in [1.807, 2.05) is 0 Å². The van der Waals surface area contributed by atoms with Crippen molar-refractivity contribution in [2.24, 2.45) is 0 Å². The van der Waals surface area contributed by atoms with E-state index in [-0.39, 0.29) is 35.5 Å². The number of nitriles is 1. The maximum Gasteiger partial charge on any atom is 0.261 e. The van der Waals surface area contributed by atoms with Crippen molar-refractivity contribution in [3.05, 3.63) is 255 Å². The summed E-state index contributed by atoms with van der Waals surface area (Å²) in [5.41, 5.74) is 15.6. The Morgan fingerprint density at radius 2 is 0.608 bits per heavy atom. The van der Waals surface area contributed by atoms with Crippen LogP contribution in [0.15, 0.2) is 182 Å². The number of rotatable bonds is 34. The number of aryl methyl sites for hydroxylation is 6. The molecule has 4 amide bonds. The highest BCUT2D eigenvalue weighted by Crippen LogP contribution is 2.51. The molecule has 2 aliphatic heterocycles. The van der Waals surface area contributed by atoms with E-state index in [9.17, 15) is 24.4 Å². The van der Waals surface area contributed by atoms with Crippen molar-refractivity contribution in [3.8, 4) is 6.07 Å². The Hall–Kier alpha value is -10.4. The lowest BCUT2D eigenvalue weighted by molar-refractivity contribution is 0.0593. The SMILES string of the molecule is [C-]#[N+]c1cc2c3c(ccc4c5c(C#N)cc6c7c(ccc(c1c34)c75)C(=O)N(CCCc1ccc(N(c3ccc(CCCCCC)cc3)c3ccc(CCCCCC)cc3)cc1)C6=O)C(=O)N(CCCc1ccc(N(c3ccc(CCCCCC)cc3)c3ccc(CCCCCC)cc3)cc1)C2=O. The smallest absolute Gasteiger partial charge is 0.261 e. The summed E-state index contributed by atoms with van der Waals surface area (Å²) in [5.74, 6) is -1.79. The lowest BCUT2D eigenvalue weighted by Crippen LogP contribution is -2.41. The number of amides is 4. The van der Waals surface area contributed by atoms with Gasteiger partial charge in [-0.3, -0.25) is 29.0 Å². The maximum atomic E-state index is 14.9. The molecule has 11 aromatic rings. The summed E-state index contributed by atoms with van der Waals surface area (Å²) in [6, 6.07) is 65.7. The van der Waals surface area contributed by atoms with Crippen molar-refractivity contribution in [1.82, 2.24) is 9.80 Å². The quantitative estimate of drug-likeness (QED) is 0.0130. The van der Waals surface area contributed by atoms with Gasteiger partial charge in [0.2, 0.25) is 0 Å². The van der Waals surface area contributed by atoms with Gasteiger partial charge in [0.25, 0.3) is 23.6 Å². The Labute approximate surface area is 602 Å². The predicted octanol–water partition coefficient (Wildman–Crippen LogP) is 24.0. The van der Waals surface area contributed by atoms with Crippen molar-refractivity contribution < 1.29 is 19.2 Å². The van der Waals surface area contributed by atoms with Crippen LogP contribution in [0.1, 0.15) is 224 Å². The van der Waals surface area contributed by atoms with E-state index in [2.05, 4.69) is 194 Å². The van der Waals surface area contributed by atoms with Gasteiger partial charge in [-0.25, -0.2) is 4.85 Å². The van der Waals surface area contributed by atoms with Gasteiger partial charge in [-0.1, -0.05) is 190 Å². The monoisotopic (exact) mass is 1350 g/mol. The molecule has 13 rings (SSSR count). The molecule has 0 N–H and O–H groups in total. The van der Waals surface area contributed by atoms with Gasteiger partial charge < -0.3 is 9.80 Å². The van der Waals surface area contributed by atoms with Crippen LogP contribution in [0.2, 0.25) is 0 Å². The van der Waals surface area contributed by atoms with Gasteiger partial charge in [0.05, 0.1) is 23.8 Å². The Morgan fingerprint density at radius 3 is 0.912 bits per heavy atom. The molecule has 2 heterocycles. The summed E-state index contributed by atoms with van der Waals surface area (Å²) in [5, 5.41) is 15.2. The number of imide groups is 2. The molecule has 0 aliphatic carbocycles. The number of anilines is 6. The molecule has 0 saturated carbocycles. The molecule has 11 aromatic carbocycles. The van der Waals surface area contributed by atoms with Gasteiger partial charge in [-0.05, 0) is 234 Å². The Kier molecular flexibility index (Phi) is 22.3. The van der Waals surface area contributed by atoms with E-state index < -0.39 is 23.6 Å². The predicted molar refractivity (Wildman–Crippen MR) is 420 cm³/mol. The minimum atomic E-state index is -0.478. The molecule has 0 atom stereocenters. The third-order valence-electron chi connectivity index (χ3n) is 21.4. The van der Waals surface area contributed by atoms with Gasteiger partial charge in [0, 0.05) is 80.1 Å². The van der Waals surface area contributed by atoms with Crippen molar-refractivity contribution in [1.29, 1.82) is 5.26 Å². The van der Waals surface area contributed by atoms with E-state index in [0.29, 0.717) is 79.9 Å². The zero-order valence-electron chi connectivity index (χ0n) is 60.0. The fraction of sp³-hybridized carbons (Fsp3) is 0.326. The minimum absolute atomic E-state index is 0.165. The Morgan fingerprint density at radius 1 is 0.324 bits per heavy atom. The summed E-state index contributed by atoms with van der Waals surface area (Å²) < 4.78 is 0. The standard InChI is InChI=1S/C92H94N6O4/c1-6-10-14-18-24-63-30-42-70(43-31-63)97(71-44-32-64(33-45-71)25-19-15-11-7-2)74-50-38-67(39-51-74)28-22-58-95-89(99)78-57-55-77-86-82(94-5)61-81-85-79(56-54-76(88(85)86)83-69(62-93)60-80(91(95)101)84(78)87(77)83)90(100)96(92(81)102)59-23-29-68-40-52-75(53-41-68)98(72-46-34-65(35-47-72)26-20-16-12-8-3)73-48-36-66(37-49-73)27-21-17-13-9-4/h30-57,60-61H,6-29,58-59H2,1-4H3. The molecule has 0 radical (unpaired) electrons. The van der Waals surface area contributed by atoms with Gasteiger partial charge >= 0.3 is 0 Å². The minimum Gasteiger partial charge on any atom is -0.311 e. The number of nitrogens with zero attached hydrogens (tertiary/aromatic N) is 6. The van der Waals surface area contributed by atoms with Gasteiger partial charge in [-0.15, -0.1) is 0 Å². The zero-order valence-corrected chi connectivity index (χ0v) is 60.0. The Balaban J connectivity index is 0.716. The van der Waals surface area contributed by atoms with Crippen LogP contribution >= 0.6 is 0 Å². The number of carbonyl (C=O) groups excluding carboxylic acids is 4. The lowest BCUT2D eigenvalue weighted by Gasteiger charge is -2.31. The fourth-order valence-corrected chi connectivity index (χ4v) is 15.8. The van der Waals surface area contributed by atoms with Crippen molar-refractivity contribution in [3.63, 3.8) is 0 Å². The molecular weight excluding hydrogens is 1250 g/mol. The van der Waals surface area contributed by atoms with Crippen LogP contribution in [0.4, 0.5) is 39.8 Å². The second-order valence-electron chi connectivity index (χ2n) is 28.4. The fourth-order valence-electron chi connectivity index (χ4n) is 15.8. The van der Waals surface area contributed by atoms with E-state index in [0.717, 1.165) is 70.9 Å². The van der Waals surface area contributed by atoms with Gasteiger partial charge in [0.15, 0.2) is 5.69 Å². The van der Waals surface area contributed by atoms with Crippen molar-refractivity contribution >= 4 is 107 Å². The summed E-state index contributed by atoms with van der Waals surface area (Å²) in [6.07, 6.45) is 26.2. The average molecular weight is 1350 g/mol. The molecule has 0 bridgehead atoms. The second kappa shape index (κ2) is 32.5. The van der Waals surface area contributed by atoms with E-state index in [1.165, 1.54) is 135 Å². The highest BCUT2D eigenvalue weighted by atomic mass is 16.2. The normalized spacial score (nSPS) is 12.8. The maximum absolute atomic E-state index is 14.9. The number of hydrogen-bond acceptors (Lipinski definition) is 7. The van der Waals surface area contributed by atoms with E-state index >= 15 is 0 Å². The summed E-state index contributed by atoms with van der Waals surface area (Å²) in [4.78, 5) is 70.7. The highest BCUT2D eigenvalue weighted by Gasteiger charge is 2.38. The summed E-state index contributed by atoms with van der Waals surface area (Å²) in [7, 11) is 0. The molecule has 102 heavy (non-hydrogen) atoms. The number of fused-ring (bicyclic) bond motifs is 2. The summed E-state index contributed by atoms with van der Waals surface area (Å²) in [6.45, 7) is 17.9.